The first-order chi connectivity index (χ1) is 11.6. The highest BCUT2D eigenvalue weighted by Crippen LogP contribution is 2.41. The number of rotatable bonds is 5. The second-order valence-corrected chi connectivity index (χ2v) is 6.36. The fourth-order valence-electron chi connectivity index (χ4n) is 2.51. The molecule has 0 aromatic carbocycles. The number of carbonyl (C=O) groups is 1. The largest absolute Gasteiger partial charge is 0.465 e. The Kier molecular flexibility index (Phi) is 5.70. The molecule has 0 amide bonds. The summed E-state index contributed by atoms with van der Waals surface area (Å²) in [5.41, 5.74) is -4.33. The Bertz CT molecular complexity index is 702. The van der Waals surface area contributed by atoms with Crippen molar-refractivity contribution in [2.24, 2.45) is 5.92 Å². The van der Waals surface area contributed by atoms with Crippen molar-refractivity contribution < 1.29 is 31.5 Å². The highest BCUT2D eigenvalue weighted by Gasteiger charge is 2.42. The zero-order valence-electron chi connectivity index (χ0n) is 13.3. The number of aromatic nitrogens is 1. The first-order valence-corrected chi connectivity index (χ1v) is 8.47. The minimum atomic E-state index is -5.03. The molecule has 1 aliphatic rings. The third kappa shape index (κ3) is 4.10. The summed E-state index contributed by atoms with van der Waals surface area (Å²) >= 11 is 0.716. The van der Waals surface area contributed by atoms with E-state index in [1.807, 2.05) is 0 Å². The Morgan fingerprint density at radius 3 is 2.36 bits per heavy atom. The maximum atomic E-state index is 13.4. The van der Waals surface area contributed by atoms with E-state index in [0.29, 0.717) is 11.8 Å². The molecule has 10 heteroatoms. The number of halogens is 5. The van der Waals surface area contributed by atoms with E-state index >= 15 is 0 Å². The molecule has 1 aromatic heterocycles. The molecule has 25 heavy (non-hydrogen) atoms. The highest BCUT2D eigenvalue weighted by atomic mass is 32.2. The van der Waals surface area contributed by atoms with E-state index in [1.165, 1.54) is 6.26 Å². The summed E-state index contributed by atoms with van der Waals surface area (Å²) in [6.45, 7) is 0. The predicted molar refractivity (Wildman–Crippen MR) is 82.3 cm³/mol. The average molecular weight is 382 g/mol. The minimum absolute atomic E-state index is 0.00593. The van der Waals surface area contributed by atoms with Crippen LogP contribution in [-0.4, -0.2) is 29.4 Å². The van der Waals surface area contributed by atoms with Crippen LogP contribution in [0.3, 0.4) is 0 Å². The highest BCUT2D eigenvalue weighted by molar-refractivity contribution is 8.13. The Labute approximate surface area is 144 Å². The standard InChI is InChI=1S/C15H15F5N2O2S/c1-24-14(23)8-7(5-6-3-4-6)9(13(21)25-2)11(15(18,19)20)22-10(8)12(16)17/h6,12,21H,3-5H2,1-2H3. The molecule has 0 saturated heterocycles. The van der Waals surface area contributed by atoms with Gasteiger partial charge < -0.3 is 4.74 Å². The molecule has 0 aliphatic heterocycles. The van der Waals surface area contributed by atoms with Crippen LogP contribution in [0.1, 0.15) is 52.1 Å². The lowest BCUT2D eigenvalue weighted by atomic mass is 9.93. The van der Waals surface area contributed by atoms with Gasteiger partial charge in [0.05, 0.1) is 17.7 Å². The van der Waals surface area contributed by atoms with Crippen LogP contribution in [-0.2, 0) is 17.3 Å². The Morgan fingerprint density at radius 1 is 1.36 bits per heavy atom. The van der Waals surface area contributed by atoms with Gasteiger partial charge in [-0.15, -0.1) is 11.8 Å². The summed E-state index contributed by atoms with van der Waals surface area (Å²) in [6.07, 6.45) is -5.59. The van der Waals surface area contributed by atoms with E-state index < -0.39 is 46.1 Å². The molecular formula is C15H15F5N2O2S. The van der Waals surface area contributed by atoms with Gasteiger partial charge in [-0.1, -0.05) is 0 Å². The molecular weight excluding hydrogens is 367 g/mol. The second kappa shape index (κ2) is 7.27. The summed E-state index contributed by atoms with van der Waals surface area (Å²) in [4.78, 5) is 15.1. The van der Waals surface area contributed by atoms with Gasteiger partial charge >= 0.3 is 12.1 Å². The predicted octanol–water partition coefficient (Wildman–Crippen LogP) is 4.47. The van der Waals surface area contributed by atoms with Gasteiger partial charge in [0.1, 0.15) is 5.69 Å². The van der Waals surface area contributed by atoms with Crippen molar-refractivity contribution >= 4 is 22.8 Å². The summed E-state index contributed by atoms with van der Waals surface area (Å²) in [5.74, 6) is -1.19. The number of hydrogen-bond donors (Lipinski definition) is 1. The van der Waals surface area contributed by atoms with Gasteiger partial charge in [-0.25, -0.2) is 18.6 Å². The van der Waals surface area contributed by atoms with E-state index in [9.17, 15) is 26.7 Å². The third-order valence-electron chi connectivity index (χ3n) is 3.81. The number of nitrogens with zero attached hydrogens (tertiary/aromatic N) is 1. The Morgan fingerprint density at radius 2 is 1.96 bits per heavy atom. The summed E-state index contributed by atoms with van der Waals surface area (Å²) in [6, 6.07) is 0. The molecule has 1 saturated carbocycles. The van der Waals surface area contributed by atoms with Crippen molar-refractivity contribution in [3.63, 3.8) is 0 Å². The van der Waals surface area contributed by atoms with Crippen LogP contribution in [0.5, 0.6) is 0 Å². The van der Waals surface area contributed by atoms with Crippen LogP contribution in [0.15, 0.2) is 0 Å². The monoisotopic (exact) mass is 382 g/mol. The van der Waals surface area contributed by atoms with Crippen molar-refractivity contribution in [2.45, 2.75) is 31.9 Å². The molecule has 1 heterocycles. The number of pyridine rings is 1. The van der Waals surface area contributed by atoms with Crippen LogP contribution >= 0.6 is 11.8 Å². The number of thioether (sulfide) groups is 1. The van der Waals surface area contributed by atoms with E-state index in [1.54, 1.807) is 0 Å². The quantitative estimate of drug-likeness (QED) is 0.353. The fraction of sp³-hybridized carbons (Fsp3) is 0.533. The molecule has 1 aromatic rings. The number of hydrogen-bond acceptors (Lipinski definition) is 5. The number of esters is 1. The molecule has 1 N–H and O–H groups in total. The first kappa shape index (κ1) is 19.6. The van der Waals surface area contributed by atoms with Gasteiger partial charge in [-0.2, -0.15) is 13.2 Å². The zero-order chi connectivity index (χ0) is 18.9. The molecule has 1 fully saturated rings. The van der Waals surface area contributed by atoms with Crippen LogP contribution < -0.4 is 0 Å². The van der Waals surface area contributed by atoms with Crippen LogP contribution in [0, 0.1) is 11.3 Å². The second-order valence-electron chi connectivity index (χ2n) is 5.54. The third-order valence-corrected chi connectivity index (χ3v) is 4.43. The molecule has 4 nitrogen and oxygen atoms in total. The fourth-order valence-corrected chi connectivity index (χ4v) is 2.93. The summed E-state index contributed by atoms with van der Waals surface area (Å²) < 4.78 is 71.4. The lowest BCUT2D eigenvalue weighted by Crippen LogP contribution is -2.23. The van der Waals surface area contributed by atoms with Crippen molar-refractivity contribution in [1.82, 2.24) is 4.98 Å². The molecule has 2 rings (SSSR count). The number of alkyl halides is 5. The van der Waals surface area contributed by atoms with E-state index in [2.05, 4.69) is 9.72 Å². The minimum Gasteiger partial charge on any atom is -0.465 e. The molecule has 1 aliphatic carbocycles. The van der Waals surface area contributed by atoms with Crippen LogP contribution in [0.2, 0.25) is 0 Å². The SMILES string of the molecule is COC(=O)c1c(C(F)F)nc(C(F)(F)F)c(C(=N)SC)c1CC1CC1. The van der Waals surface area contributed by atoms with Crippen molar-refractivity contribution in [2.75, 3.05) is 13.4 Å². The molecule has 0 spiro atoms. The van der Waals surface area contributed by atoms with Crippen molar-refractivity contribution in [1.29, 1.82) is 5.41 Å². The van der Waals surface area contributed by atoms with Crippen molar-refractivity contribution in [3.05, 3.63) is 28.1 Å². The van der Waals surface area contributed by atoms with Gasteiger partial charge in [-0.3, -0.25) is 5.41 Å². The van der Waals surface area contributed by atoms with Gasteiger partial charge in [0, 0.05) is 5.56 Å². The average Bonchev–Trinajstić information content (AvgIpc) is 3.35. The van der Waals surface area contributed by atoms with Crippen molar-refractivity contribution in [3.8, 4) is 0 Å². The molecule has 138 valence electrons. The van der Waals surface area contributed by atoms with Crippen LogP contribution in [0.4, 0.5) is 22.0 Å². The number of nitrogens with one attached hydrogen (secondary N) is 1. The molecule has 0 unspecified atom stereocenters. The van der Waals surface area contributed by atoms with Gasteiger partial charge in [-0.05, 0) is 37.0 Å². The van der Waals surface area contributed by atoms with E-state index in [-0.39, 0.29) is 17.9 Å². The van der Waals surface area contributed by atoms with Gasteiger partial charge in [0.15, 0.2) is 5.69 Å². The molecule has 0 atom stereocenters. The maximum absolute atomic E-state index is 13.4. The van der Waals surface area contributed by atoms with Gasteiger partial charge in [0.25, 0.3) is 6.43 Å². The smallest absolute Gasteiger partial charge is 0.434 e. The number of carbonyl (C=O) groups excluding carboxylic acids is 1. The Balaban J connectivity index is 2.89. The maximum Gasteiger partial charge on any atom is 0.434 e. The number of methoxy groups -OCH3 is 1. The number of ether oxygens (including phenoxy) is 1. The molecule has 0 bridgehead atoms. The topological polar surface area (TPSA) is 63.0 Å². The van der Waals surface area contributed by atoms with Gasteiger partial charge in [0.2, 0.25) is 0 Å². The first-order valence-electron chi connectivity index (χ1n) is 7.25. The van der Waals surface area contributed by atoms with E-state index in [0.717, 1.165) is 20.0 Å². The zero-order valence-corrected chi connectivity index (χ0v) is 14.2. The van der Waals surface area contributed by atoms with E-state index in [4.69, 9.17) is 5.41 Å². The Hall–Kier alpha value is -1.71. The molecule has 0 radical (unpaired) electrons. The van der Waals surface area contributed by atoms with Crippen LogP contribution in [0.25, 0.3) is 0 Å². The normalized spacial score (nSPS) is 14.7. The lowest BCUT2D eigenvalue weighted by molar-refractivity contribution is -0.141. The summed E-state index contributed by atoms with van der Waals surface area (Å²) in [5, 5.41) is 7.38. The summed E-state index contributed by atoms with van der Waals surface area (Å²) in [7, 11) is 0.954. The lowest BCUT2D eigenvalue weighted by Gasteiger charge is -2.21.